The van der Waals surface area contributed by atoms with Crippen LogP contribution in [0.2, 0.25) is 0 Å². The van der Waals surface area contributed by atoms with Gasteiger partial charge in [0.25, 0.3) is 0 Å². The summed E-state index contributed by atoms with van der Waals surface area (Å²) in [5.74, 6) is -0.348. The minimum Gasteiger partial charge on any atom is -0.394 e. The van der Waals surface area contributed by atoms with Crippen LogP contribution in [0.4, 0.5) is 26.3 Å². The molecule has 4 aromatic carbocycles. The fourth-order valence-corrected chi connectivity index (χ4v) is 7.83. The predicted octanol–water partition coefficient (Wildman–Crippen LogP) is 9.11. The van der Waals surface area contributed by atoms with Gasteiger partial charge in [-0.3, -0.25) is 4.89 Å². The van der Waals surface area contributed by atoms with Gasteiger partial charge in [0.15, 0.2) is 0 Å². The molecule has 0 bridgehead atoms. The zero-order valence-electron chi connectivity index (χ0n) is 21.6. The first-order valence-corrected chi connectivity index (χ1v) is 14.7. The van der Waals surface area contributed by atoms with Crippen molar-refractivity contribution in [3.8, 4) is 33.8 Å². The quantitative estimate of drug-likeness (QED) is 0.184. The van der Waals surface area contributed by atoms with Gasteiger partial charge in [0.1, 0.15) is 11.5 Å². The van der Waals surface area contributed by atoms with Crippen LogP contribution in [-0.2, 0) is 35.2 Å². The van der Waals surface area contributed by atoms with Gasteiger partial charge in [-0.25, -0.2) is 4.57 Å². The lowest BCUT2D eigenvalue weighted by Gasteiger charge is -2.35. The van der Waals surface area contributed by atoms with Gasteiger partial charge < -0.3 is 9.05 Å². The van der Waals surface area contributed by atoms with Crippen LogP contribution < -0.4 is 9.05 Å². The molecule has 3 aliphatic rings. The van der Waals surface area contributed by atoms with E-state index in [4.69, 9.17) is 9.05 Å². The van der Waals surface area contributed by atoms with Crippen LogP contribution >= 0.6 is 7.82 Å². The maximum absolute atomic E-state index is 14.1. The molecule has 0 radical (unpaired) electrons. The molecule has 0 atom stereocenters. The zero-order chi connectivity index (χ0) is 29.7. The van der Waals surface area contributed by atoms with Crippen molar-refractivity contribution >= 4 is 7.82 Å². The molecule has 4 nitrogen and oxygen atoms in total. The van der Waals surface area contributed by atoms with Crippen LogP contribution in [0.3, 0.4) is 0 Å². The second kappa shape index (κ2) is 8.88. The minimum atomic E-state index is -5.13. The molecule has 0 saturated heterocycles. The predicted molar refractivity (Wildman–Crippen MR) is 142 cm³/mol. The van der Waals surface area contributed by atoms with E-state index < -0.39 is 36.7 Å². The molecule has 1 heterocycles. The number of phosphoric acid groups is 1. The van der Waals surface area contributed by atoms with Gasteiger partial charge in [-0.2, -0.15) is 26.3 Å². The van der Waals surface area contributed by atoms with E-state index in [-0.39, 0.29) is 33.8 Å². The largest absolute Gasteiger partial charge is 0.584 e. The number of hydrogen-bond donors (Lipinski definition) is 1. The summed E-state index contributed by atoms with van der Waals surface area (Å²) in [5.41, 5.74) is -0.827. The molecular formula is C31H21F6O4P. The standard InChI is InChI=1S/C31H21F6O4P/c32-30(33,34)23-7-3-1-5-19(23)21-11-9-17-13-15-29-16-14-18-10-12-22(20-6-2-4-8-24(20)31(35,36)37)28(26(18)29)41-42(38,39)40-27(21)25(17)29/h1-12H,13-16H2,(H,38,39). The topological polar surface area (TPSA) is 55.8 Å². The van der Waals surface area contributed by atoms with E-state index in [1.54, 1.807) is 12.1 Å². The molecule has 42 heavy (non-hydrogen) atoms. The van der Waals surface area contributed by atoms with Gasteiger partial charge in [-0.15, -0.1) is 0 Å². The number of hydrogen-bond acceptors (Lipinski definition) is 3. The van der Waals surface area contributed by atoms with Crippen molar-refractivity contribution in [2.45, 2.75) is 43.5 Å². The van der Waals surface area contributed by atoms with Crippen molar-refractivity contribution in [3.05, 3.63) is 106 Å². The Morgan fingerprint density at radius 3 is 1.43 bits per heavy atom. The van der Waals surface area contributed by atoms with E-state index in [0.717, 1.165) is 23.3 Å². The first kappa shape index (κ1) is 27.1. The zero-order valence-corrected chi connectivity index (χ0v) is 22.5. The Labute approximate surface area is 236 Å². The average Bonchev–Trinajstić information content (AvgIpc) is 3.49. The van der Waals surface area contributed by atoms with Gasteiger partial charge in [0.2, 0.25) is 0 Å². The molecule has 1 aliphatic heterocycles. The van der Waals surface area contributed by atoms with E-state index in [1.165, 1.54) is 48.5 Å². The van der Waals surface area contributed by atoms with Gasteiger partial charge in [0, 0.05) is 27.7 Å². The van der Waals surface area contributed by atoms with Gasteiger partial charge in [-0.05, 0) is 60.1 Å². The maximum atomic E-state index is 14.1. The highest BCUT2D eigenvalue weighted by atomic mass is 31.2. The lowest BCUT2D eigenvalue weighted by Crippen LogP contribution is -2.25. The first-order valence-electron chi connectivity index (χ1n) is 13.2. The maximum Gasteiger partial charge on any atom is 0.584 e. The fourth-order valence-electron chi connectivity index (χ4n) is 6.95. The normalized spacial score (nSPS) is 17.9. The summed E-state index contributed by atoms with van der Waals surface area (Å²) < 4.78 is 109. The molecule has 1 N–H and O–H groups in total. The third-order valence-corrected chi connectivity index (χ3v) is 9.37. The minimum absolute atomic E-state index is 0.0173. The lowest BCUT2D eigenvalue weighted by atomic mass is 9.74. The second-order valence-corrected chi connectivity index (χ2v) is 12.1. The van der Waals surface area contributed by atoms with Crippen LogP contribution in [-0.4, -0.2) is 4.89 Å². The third kappa shape index (κ3) is 3.99. The van der Waals surface area contributed by atoms with Gasteiger partial charge in [0.05, 0.1) is 11.1 Å². The summed E-state index contributed by atoms with van der Waals surface area (Å²) in [6.45, 7) is 0. The van der Waals surface area contributed by atoms with Gasteiger partial charge in [-0.1, -0.05) is 60.7 Å². The molecule has 216 valence electrons. The monoisotopic (exact) mass is 602 g/mol. The van der Waals surface area contributed by atoms with Gasteiger partial charge >= 0.3 is 20.2 Å². The van der Waals surface area contributed by atoms with E-state index >= 15 is 0 Å². The summed E-state index contributed by atoms with van der Waals surface area (Å²) in [6.07, 6.45) is -7.49. The molecule has 7 rings (SSSR count). The molecule has 0 saturated carbocycles. The summed E-state index contributed by atoms with van der Waals surface area (Å²) in [6, 6.07) is 16.1. The lowest BCUT2D eigenvalue weighted by molar-refractivity contribution is -0.137. The van der Waals surface area contributed by atoms with Crippen molar-refractivity contribution in [1.82, 2.24) is 0 Å². The number of benzene rings is 4. The molecule has 0 unspecified atom stereocenters. The summed E-state index contributed by atoms with van der Waals surface area (Å²) in [7, 11) is -5.13. The molecule has 4 aromatic rings. The molecule has 2 aliphatic carbocycles. The van der Waals surface area contributed by atoms with Crippen LogP contribution in [0, 0.1) is 0 Å². The van der Waals surface area contributed by atoms with Crippen molar-refractivity contribution in [3.63, 3.8) is 0 Å². The third-order valence-electron chi connectivity index (χ3n) is 8.55. The molecule has 0 aromatic heterocycles. The Hall–Kier alpha value is -3.75. The molecule has 11 heteroatoms. The Morgan fingerprint density at radius 2 is 1.02 bits per heavy atom. The van der Waals surface area contributed by atoms with Crippen molar-refractivity contribution in [1.29, 1.82) is 0 Å². The highest BCUT2D eigenvalue weighted by Gasteiger charge is 2.53. The number of aryl methyl sites for hydroxylation is 2. The van der Waals surface area contributed by atoms with E-state index in [9.17, 15) is 35.8 Å². The summed E-state index contributed by atoms with van der Waals surface area (Å²) in [4.78, 5) is 11.0. The highest BCUT2D eigenvalue weighted by Crippen LogP contribution is 2.65. The number of rotatable bonds is 2. The van der Waals surface area contributed by atoms with Crippen molar-refractivity contribution in [2.24, 2.45) is 0 Å². The molecule has 1 spiro atoms. The van der Waals surface area contributed by atoms with Crippen molar-refractivity contribution < 1.29 is 44.8 Å². The number of halogens is 6. The Balaban J connectivity index is 1.54. The summed E-state index contributed by atoms with van der Waals surface area (Å²) >= 11 is 0. The van der Waals surface area contributed by atoms with E-state index in [1.807, 2.05) is 0 Å². The van der Waals surface area contributed by atoms with Crippen LogP contribution in [0.5, 0.6) is 11.5 Å². The van der Waals surface area contributed by atoms with E-state index in [0.29, 0.717) is 36.8 Å². The van der Waals surface area contributed by atoms with Crippen LogP contribution in [0.15, 0.2) is 72.8 Å². The fraction of sp³-hybridized carbons (Fsp3) is 0.226. The first-order chi connectivity index (χ1) is 19.8. The molecular weight excluding hydrogens is 581 g/mol. The SMILES string of the molecule is O=P1(O)Oc2c(-c3ccccc3C(F)(F)F)ccc3c2C2(CC3)CCc3ccc(-c4ccccc4C(F)(F)F)c(c32)O1. The Bertz CT molecular complexity index is 1700. The Morgan fingerprint density at radius 1 is 0.619 bits per heavy atom. The highest BCUT2D eigenvalue weighted by molar-refractivity contribution is 7.48. The smallest absolute Gasteiger partial charge is 0.394 e. The average molecular weight is 602 g/mol. The molecule has 0 fully saturated rings. The van der Waals surface area contributed by atoms with Crippen LogP contribution in [0.25, 0.3) is 22.3 Å². The number of alkyl halides is 6. The second-order valence-electron chi connectivity index (χ2n) is 10.8. The van der Waals surface area contributed by atoms with Crippen molar-refractivity contribution in [2.75, 3.05) is 0 Å². The summed E-state index contributed by atoms with van der Waals surface area (Å²) in [5, 5.41) is 0. The number of phosphoric ester groups is 1. The molecule has 0 amide bonds. The Kier molecular flexibility index (Phi) is 5.73. The van der Waals surface area contributed by atoms with E-state index in [2.05, 4.69) is 0 Å². The van der Waals surface area contributed by atoms with Crippen LogP contribution in [0.1, 0.15) is 46.2 Å².